The zero-order valence-corrected chi connectivity index (χ0v) is 17.8. The molecule has 0 atom stereocenters. The first kappa shape index (κ1) is 20.9. The van der Waals surface area contributed by atoms with Gasteiger partial charge in [-0.25, -0.2) is 9.98 Å². The molecule has 27 heavy (non-hydrogen) atoms. The fourth-order valence-electron chi connectivity index (χ4n) is 2.46. The number of ether oxygens (including phenoxy) is 1. The summed E-state index contributed by atoms with van der Waals surface area (Å²) in [5.74, 6) is 2.16. The van der Waals surface area contributed by atoms with Crippen LogP contribution in [0.1, 0.15) is 25.2 Å². The molecule has 0 bridgehead atoms. The summed E-state index contributed by atoms with van der Waals surface area (Å²) in [6, 6.07) is 9.66. The third-order valence-electron chi connectivity index (χ3n) is 3.65. The smallest absolute Gasteiger partial charge is 0.213 e. The molecule has 0 aliphatic carbocycles. The third kappa shape index (κ3) is 5.78. The van der Waals surface area contributed by atoms with Gasteiger partial charge in [-0.05, 0) is 37.6 Å². The van der Waals surface area contributed by atoms with Gasteiger partial charge in [-0.1, -0.05) is 6.07 Å². The second kappa shape index (κ2) is 10.7. The summed E-state index contributed by atoms with van der Waals surface area (Å²) in [5, 5.41) is 14.9. The standard InChI is InChI=1S/C18H23N7O.HI/c1-3-19-18(21-12-14-8-9-20-17(11-14)26-4-2)22-13-16-24-23-15-7-5-6-10-25(15)16;/h5-11H,3-4,12-13H2,1-2H3,(H2,19,21,22);1H. The molecule has 0 saturated carbocycles. The van der Waals surface area contributed by atoms with Crippen LogP contribution in [0, 0.1) is 0 Å². The number of nitrogens with one attached hydrogen (secondary N) is 2. The van der Waals surface area contributed by atoms with E-state index in [9.17, 15) is 0 Å². The van der Waals surface area contributed by atoms with E-state index >= 15 is 0 Å². The molecule has 144 valence electrons. The Kier molecular flexibility index (Phi) is 8.24. The summed E-state index contributed by atoms with van der Waals surface area (Å²) in [5.41, 5.74) is 1.86. The van der Waals surface area contributed by atoms with Crippen molar-refractivity contribution in [2.24, 2.45) is 4.99 Å². The lowest BCUT2D eigenvalue weighted by Gasteiger charge is -2.11. The summed E-state index contributed by atoms with van der Waals surface area (Å²) in [6.07, 6.45) is 3.68. The zero-order chi connectivity index (χ0) is 18.2. The molecule has 0 unspecified atom stereocenters. The minimum Gasteiger partial charge on any atom is -0.478 e. The van der Waals surface area contributed by atoms with Gasteiger partial charge in [-0.3, -0.25) is 4.40 Å². The van der Waals surface area contributed by atoms with Crippen LogP contribution in [0.4, 0.5) is 0 Å². The van der Waals surface area contributed by atoms with Crippen molar-refractivity contribution in [1.82, 2.24) is 30.2 Å². The Morgan fingerprint density at radius 1 is 1.19 bits per heavy atom. The molecule has 3 rings (SSSR count). The number of aliphatic imine (C=N–C) groups is 1. The minimum absolute atomic E-state index is 0. The highest BCUT2D eigenvalue weighted by Crippen LogP contribution is 2.10. The second-order valence-corrected chi connectivity index (χ2v) is 5.53. The molecule has 0 spiro atoms. The van der Waals surface area contributed by atoms with Gasteiger partial charge >= 0.3 is 0 Å². The lowest BCUT2D eigenvalue weighted by Crippen LogP contribution is -2.37. The fourth-order valence-corrected chi connectivity index (χ4v) is 2.46. The molecule has 0 saturated heterocycles. The first-order chi connectivity index (χ1) is 12.8. The molecule has 0 radical (unpaired) electrons. The van der Waals surface area contributed by atoms with Crippen LogP contribution >= 0.6 is 24.0 Å². The minimum atomic E-state index is 0. The van der Waals surface area contributed by atoms with Gasteiger partial charge in [0.25, 0.3) is 0 Å². The topological polar surface area (TPSA) is 88.7 Å². The van der Waals surface area contributed by atoms with E-state index in [2.05, 4.69) is 30.8 Å². The molecule has 0 aliphatic heterocycles. The van der Waals surface area contributed by atoms with Gasteiger partial charge < -0.3 is 15.4 Å². The van der Waals surface area contributed by atoms with Crippen LogP contribution in [0.25, 0.3) is 5.65 Å². The van der Waals surface area contributed by atoms with Crippen molar-refractivity contribution in [3.8, 4) is 5.88 Å². The van der Waals surface area contributed by atoms with Gasteiger partial charge in [-0.15, -0.1) is 34.2 Å². The van der Waals surface area contributed by atoms with E-state index in [0.717, 1.165) is 29.5 Å². The first-order valence-electron chi connectivity index (χ1n) is 8.68. The summed E-state index contributed by atoms with van der Waals surface area (Å²) in [7, 11) is 0. The molecule has 0 aliphatic rings. The Bertz CT molecular complexity index is 881. The number of guanidine groups is 1. The molecule has 3 aromatic heterocycles. The Hall–Kier alpha value is -2.43. The van der Waals surface area contributed by atoms with Gasteiger partial charge in [0.15, 0.2) is 17.4 Å². The van der Waals surface area contributed by atoms with Gasteiger partial charge in [0.1, 0.15) is 0 Å². The number of fused-ring (bicyclic) bond motifs is 1. The molecule has 3 heterocycles. The summed E-state index contributed by atoms with van der Waals surface area (Å²) >= 11 is 0. The highest BCUT2D eigenvalue weighted by Gasteiger charge is 2.06. The predicted molar refractivity (Wildman–Crippen MR) is 115 cm³/mol. The molecule has 0 amide bonds. The summed E-state index contributed by atoms with van der Waals surface area (Å²) in [6.45, 7) is 6.39. The monoisotopic (exact) mass is 481 g/mol. The lowest BCUT2D eigenvalue weighted by molar-refractivity contribution is 0.326. The Labute approximate surface area is 175 Å². The highest BCUT2D eigenvalue weighted by molar-refractivity contribution is 14.0. The van der Waals surface area contributed by atoms with Crippen molar-refractivity contribution in [3.05, 3.63) is 54.1 Å². The Morgan fingerprint density at radius 3 is 2.89 bits per heavy atom. The normalized spacial score (nSPS) is 11.1. The number of hydrogen-bond donors (Lipinski definition) is 2. The van der Waals surface area contributed by atoms with Crippen LogP contribution in [0.3, 0.4) is 0 Å². The summed E-state index contributed by atoms with van der Waals surface area (Å²) in [4.78, 5) is 8.79. The van der Waals surface area contributed by atoms with Gasteiger partial charge in [0.2, 0.25) is 5.88 Å². The van der Waals surface area contributed by atoms with E-state index in [-0.39, 0.29) is 24.0 Å². The van der Waals surface area contributed by atoms with Gasteiger partial charge in [-0.2, -0.15) is 0 Å². The maximum atomic E-state index is 5.43. The molecule has 0 fully saturated rings. The largest absolute Gasteiger partial charge is 0.478 e. The third-order valence-corrected chi connectivity index (χ3v) is 3.65. The number of pyridine rings is 2. The number of rotatable bonds is 7. The molecular weight excluding hydrogens is 457 g/mol. The van der Waals surface area contributed by atoms with E-state index < -0.39 is 0 Å². The average molecular weight is 481 g/mol. The molecular formula is C18H24IN7O. The summed E-state index contributed by atoms with van der Waals surface area (Å²) < 4.78 is 7.38. The fraction of sp³-hybridized carbons (Fsp3) is 0.333. The first-order valence-corrected chi connectivity index (χ1v) is 8.68. The number of hydrogen-bond acceptors (Lipinski definition) is 5. The second-order valence-electron chi connectivity index (χ2n) is 5.53. The quantitative estimate of drug-likeness (QED) is 0.306. The Balaban J connectivity index is 0.00000261. The van der Waals surface area contributed by atoms with Gasteiger partial charge in [0, 0.05) is 25.0 Å². The molecule has 8 nitrogen and oxygen atoms in total. The van der Waals surface area contributed by atoms with E-state index in [0.29, 0.717) is 25.6 Å². The highest BCUT2D eigenvalue weighted by atomic mass is 127. The van der Waals surface area contributed by atoms with Crippen LogP contribution in [0.15, 0.2) is 47.7 Å². The zero-order valence-electron chi connectivity index (χ0n) is 15.4. The molecule has 2 N–H and O–H groups in total. The SMILES string of the molecule is CCNC(=NCc1ccnc(OCC)c1)NCc1nnc2ccccn12.I. The van der Waals surface area contributed by atoms with E-state index in [1.165, 1.54) is 0 Å². The number of nitrogens with zero attached hydrogens (tertiary/aromatic N) is 5. The maximum absolute atomic E-state index is 5.43. The molecule has 9 heteroatoms. The van der Waals surface area contributed by atoms with E-state index in [1.807, 2.05) is 54.8 Å². The van der Waals surface area contributed by atoms with E-state index in [4.69, 9.17) is 4.74 Å². The van der Waals surface area contributed by atoms with Crippen molar-refractivity contribution in [2.45, 2.75) is 26.9 Å². The van der Waals surface area contributed by atoms with Crippen LogP contribution in [-0.2, 0) is 13.1 Å². The van der Waals surface area contributed by atoms with Crippen molar-refractivity contribution in [2.75, 3.05) is 13.2 Å². The van der Waals surface area contributed by atoms with Crippen LogP contribution in [-0.4, -0.2) is 38.7 Å². The van der Waals surface area contributed by atoms with Crippen molar-refractivity contribution in [1.29, 1.82) is 0 Å². The van der Waals surface area contributed by atoms with Crippen molar-refractivity contribution >= 4 is 35.6 Å². The van der Waals surface area contributed by atoms with E-state index in [1.54, 1.807) is 6.20 Å². The number of aromatic nitrogens is 4. The molecule has 3 aromatic rings. The van der Waals surface area contributed by atoms with Crippen LogP contribution in [0.2, 0.25) is 0 Å². The van der Waals surface area contributed by atoms with Crippen molar-refractivity contribution in [3.63, 3.8) is 0 Å². The predicted octanol–water partition coefficient (Wildman–Crippen LogP) is 2.40. The average Bonchev–Trinajstić information content (AvgIpc) is 3.08. The Morgan fingerprint density at radius 2 is 2.07 bits per heavy atom. The van der Waals surface area contributed by atoms with Crippen LogP contribution < -0.4 is 15.4 Å². The van der Waals surface area contributed by atoms with Crippen LogP contribution in [0.5, 0.6) is 5.88 Å². The molecule has 0 aromatic carbocycles. The van der Waals surface area contributed by atoms with Crippen molar-refractivity contribution < 1.29 is 4.74 Å². The van der Waals surface area contributed by atoms with Gasteiger partial charge in [0.05, 0.1) is 19.7 Å². The number of halogens is 1. The maximum Gasteiger partial charge on any atom is 0.213 e. The lowest BCUT2D eigenvalue weighted by atomic mass is 10.3.